The number of H-pyrrole nitrogens is 1. The minimum absolute atomic E-state index is 0.406. The second kappa shape index (κ2) is 9.72. The van der Waals surface area contributed by atoms with Crippen LogP contribution >= 0.6 is 28.1 Å². The fourth-order valence-electron chi connectivity index (χ4n) is 2.98. The van der Waals surface area contributed by atoms with Crippen LogP contribution in [0.4, 0.5) is 0 Å². The van der Waals surface area contributed by atoms with Gasteiger partial charge in [0.1, 0.15) is 6.61 Å². The van der Waals surface area contributed by atoms with E-state index in [1.165, 1.54) is 0 Å². The zero-order chi connectivity index (χ0) is 21.6. The first-order valence-corrected chi connectivity index (χ1v) is 10.7. The highest BCUT2D eigenvalue weighted by Gasteiger charge is 2.12. The van der Waals surface area contributed by atoms with Crippen molar-refractivity contribution >= 4 is 34.4 Å². The number of aromatic nitrogens is 3. The summed E-state index contributed by atoms with van der Waals surface area (Å²) in [6, 6.07) is 23.5. The van der Waals surface area contributed by atoms with E-state index in [0.29, 0.717) is 28.7 Å². The first-order chi connectivity index (χ1) is 15.2. The number of benzene rings is 3. The molecule has 0 unspecified atom stereocenters. The van der Waals surface area contributed by atoms with Crippen LogP contribution in [-0.2, 0) is 6.61 Å². The molecule has 0 aliphatic carbocycles. The van der Waals surface area contributed by atoms with E-state index in [1.54, 1.807) is 18.0 Å². The standard InChI is InChI=1S/C23H19BrN4O2S/c1-29-20-13-17(12-19(24)21(20)30-15-16-8-4-2-5-9-16)14-25-28-22(26-27-23(28)31)18-10-6-3-7-11-18/h2-14H,15H2,1H3,(H,27,31)/b25-14-. The van der Waals surface area contributed by atoms with E-state index in [2.05, 4.69) is 31.2 Å². The molecule has 0 aliphatic rings. The normalized spacial score (nSPS) is 11.0. The Kier molecular flexibility index (Phi) is 6.59. The fraction of sp³-hybridized carbons (Fsp3) is 0.0870. The Bertz CT molecular complexity index is 1250. The van der Waals surface area contributed by atoms with E-state index in [9.17, 15) is 0 Å². The number of rotatable bonds is 7. The molecule has 6 nitrogen and oxygen atoms in total. The molecule has 0 saturated carbocycles. The molecule has 0 saturated heterocycles. The first kappa shape index (κ1) is 21.0. The smallest absolute Gasteiger partial charge is 0.216 e. The quantitative estimate of drug-likeness (QED) is 0.259. The van der Waals surface area contributed by atoms with Crippen LogP contribution in [-0.4, -0.2) is 28.2 Å². The Labute approximate surface area is 193 Å². The van der Waals surface area contributed by atoms with Crippen LogP contribution in [0.2, 0.25) is 0 Å². The van der Waals surface area contributed by atoms with Gasteiger partial charge in [0.2, 0.25) is 4.77 Å². The van der Waals surface area contributed by atoms with Crippen LogP contribution in [0.1, 0.15) is 11.1 Å². The maximum atomic E-state index is 5.99. The summed E-state index contributed by atoms with van der Waals surface area (Å²) in [6.45, 7) is 0.438. The van der Waals surface area contributed by atoms with Gasteiger partial charge < -0.3 is 9.47 Å². The van der Waals surface area contributed by atoms with Crippen LogP contribution < -0.4 is 9.47 Å². The SMILES string of the molecule is COc1cc(/C=N\n2c(-c3ccccc3)n[nH]c2=S)cc(Br)c1OCc1ccccc1. The second-order valence-electron chi connectivity index (χ2n) is 6.58. The zero-order valence-electron chi connectivity index (χ0n) is 16.7. The predicted octanol–water partition coefficient (Wildman–Crippen LogP) is 5.84. The Hall–Kier alpha value is -3.23. The molecule has 1 heterocycles. The molecular formula is C23H19BrN4O2S. The molecule has 0 spiro atoms. The molecule has 1 aromatic heterocycles. The van der Waals surface area contributed by atoms with Crippen molar-refractivity contribution in [2.24, 2.45) is 5.10 Å². The third-order valence-corrected chi connectivity index (χ3v) is 5.34. The van der Waals surface area contributed by atoms with E-state index in [1.807, 2.05) is 72.8 Å². The predicted molar refractivity (Wildman–Crippen MR) is 127 cm³/mol. The topological polar surface area (TPSA) is 64.4 Å². The van der Waals surface area contributed by atoms with Gasteiger partial charge in [-0.2, -0.15) is 14.9 Å². The van der Waals surface area contributed by atoms with E-state index in [0.717, 1.165) is 21.2 Å². The maximum Gasteiger partial charge on any atom is 0.216 e. The zero-order valence-corrected chi connectivity index (χ0v) is 19.1. The Morgan fingerprint density at radius 2 is 1.81 bits per heavy atom. The lowest BCUT2D eigenvalue weighted by Crippen LogP contribution is -2.00. The van der Waals surface area contributed by atoms with Crippen LogP contribution in [0, 0.1) is 4.77 Å². The molecule has 0 amide bonds. The van der Waals surface area contributed by atoms with Crippen LogP contribution in [0.25, 0.3) is 11.4 Å². The summed E-state index contributed by atoms with van der Waals surface area (Å²) >= 11 is 8.93. The van der Waals surface area contributed by atoms with Gasteiger partial charge in [-0.3, -0.25) is 0 Å². The van der Waals surface area contributed by atoms with E-state index in [4.69, 9.17) is 21.7 Å². The summed E-state index contributed by atoms with van der Waals surface area (Å²) in [7, 11) is 1.61. The highest BCUT2D eigenvalue weighted by molar-refractivity contribution is 9.10. The number of methoxy groups -OCH3 is 1. The van der Waals surface area contributed by atoms with E-state index in [-0.39, 0.29) is 0 Å². The number of hydrogen-bond donors (Lipinski definition) is 1. The lowest BCUT2D eigenvalue weighted by atomic mass is 10.2. The molecule has 156 valence electrons. The van der Waals surface area contributed by atoms with Crippen LogP contribution in [0.3, 0.4) is 0 Å². The lowest BCUT2D eigenvalue weighted by molar-refractivity contribution is 0.282. The molecule has 0 aliphatic heterocycles. The molecule has 0 fully saturated rings. The van der Waals surface area contributed by atoms with Gasteiger partial charge in [-0.1, -0.05) is 60.7 Å². The highest BCUT2D eigenvalue weighted by Crippen LogP contribution is 2.37. The third kappa shape index (κ3) is 4.92. The minimum atomic E-state index is 0.406. The van der Waals surface area contributed by atoms with Crippen LogP contribution in [0.5, 0.6) is 11.5 Å². The number of halogens is 1. The summed E-state index contributed by atoms with van der Waals surface area (Å²) in [5.74, 6) is 1.87. The third-order valence-electron chi connectivity index (χ3n) is 4.48. The summed E-state index contributed by atoms with van der Waals surface area (Å²) in [6.07, 6.45) is 1.70. The molecule has 0 radical (unpaired) electrons. The Morgan fingerprint density at radius 3 is 2.52 bits per heavy atom. The average molecular weight is 495 g/mol. The summed E-state index contributed by atoms with van der Waals surface area (Å²) in [4.78, 5) is 0. The molecule has 0 atom stereocenters. The van der Waals surface area contributed by atoms with Gasteiger partial charge in [0.25, 0.3) is 0 Å². The molecule has 4 rings (SSSR count). The molecule has 4 aromatic rings. The molecule has 3 aromatic carbocycles. The monoisotopic (exact) mass is 494 g/mol. The molecule has 31 heavy (non-hydrogen) atoms. The highest BCUT2D eigenvalue weighted by atomic mass is 79.9. The molecule has 8 heteroatoms. The van der Waals surface area contributed by atoms with Crippen molar-refractivity contribution < 1.29 is 9.47 Å². The number of nitrogens with one attached hydrogen (secondary N) is 1. The Morgan fingerprint density at radius 1 is 1.10 bits per heavy atom. The van der Waals surface area contributed by atoms with Crippen molar-refractivity contribution in [3.8, 4) is 22.9 Å². The lowest BCUT2D eigenvalue weighted by Gasteiger charge is -2.13. The van der Waals surface area contributed by atoms with Crippen LogP contribution in [0.15, 0.2) is 82.4 Å². The van der Waals surface area contributed by atoms with Crippen molar-refractivity contribution in [3.63, 3.8) is 0 Å². The van der Waals surface area contributed by atoms with Crippen molar-refractivity contribution in [1.29, 1.82) is 0 Å². The fourth-order valence-corrected chi connectivity index (χ4v) is 3.73. The Balaban J connectivity index is 1.60. The number of aromatic amines is 1. The minimum Gasteiger partial charge on any atom is -0.493 e. The second-order valence-corrected chi connectivity index (χ2v) is 7.82. The van der Waals surface area contributed by atoms with Gasteiger partial charge in [0, 0.05) is 5.56 Å². The summed E-state index contributed by atoms with van der Waals surface area (Å²) in [5.41, 5.74) is 2.80. The summed E-state index contributed by atoms with van der Waals surface area (Å²) in [5, 5.41) is 11.6. The number of ether oxygens (including phenoxy) is 2. The van der Waals surface area contributed by atoms with E-state index >= 15 is 0 Å². The maximum absolute atomic E-state index is 5.99. The van der Waals surface area contributed by atoms with Gasteiger partial charge in [0.05, 0.1) is 17.8 Å². The molecular weight excluding hydrogens is 476 g/mol. The average Bonchev–Trinajstić information content (AvgIpc) is 3.18. The van der Waals surface area contributed by atoms with Gasteiger partial charge in [-0.25, -0.2) is 5.10 Å². The molecule has 1 N–H and O–H groups in total. The first-order valence-electron chi connectivity index (χ1n) is 9.47. The van der Waals surface area contributed by atoms with Crippen molar-refractivity contribution in [1.82, 2.24) is 14.9 Å². The van der Waals surface area contributed by atoms with Crippen molar-refractivity contribution in [2.45, 2.75) is 6.61 Å². The van der Waals surface area contributed by atoms with E-state index < -0.39 is 0 Å². The van der Waals surface area contributed by atoms with Crippen molar-refractivity contribution in [3.05, 3.63) is 93.2 Å². The van der Waals surface area contributed by atoms with Crippen molar-refractivity contribution in [2.75, 3.05) is 7.11 Å². The number of hydrogen-bond acceptors (Lipinski definition) is 5. The molecule has 0 bridgehead atoms. The summed E-state index contributed by atoms with van der Waals surface area (Å²) < 4.78 is 14.3. The van der Waals surface area contributed by atoms with Gasteiger partial charge in [0.15, 0.2) is 17.3 Å². The van der Waals surface area contributed by atoms with Gasteiger partial charge in [-0.05, 0) is 51.4 Å². The largest absolute Gasteiger partial charge is 0.493 e. The van der Waals surface area contributed by atoms with Gasteiger partial charge >= 0.3 is 0 Å². The van der Waals surface area contributed by atoms with Gasteiger partial charge in [-0.15, -0.1) is 0 Å². The number of nitrogens with zero attached hydrogens (tertiary/aromatic N) is 3.